The minimum Gasteiger partial charge on any atom is -0.353 e. The number of carbonyl (C=O) groups is 1. The average molecular weight is 382 g/mol. The minimum absolute atomic E-state index is 0.109. The highest BCUT2D eigenvalue weighted by atomic mass is 32.2. The Morgan fingerprint density at radius 3 is 2.67 bits per heavy atom. The molecule has 27 heavy (non-hydrogen) atoms. The molecule has 2 unspecified atom stereocenters. The molecule has 2 heterocycles. The number of thioether (sulfide) groups is 1. The molecule has 0 spiro atoms. The summed E-state index contributed by atoms with van der Waals surface area (Å²) in [6, 6.07) is 18.7. The monoisotopic (exact) mass is 381 g/mol. The number of amides is 1. The molecule has 2 N–H and O–H groups in total. The Kier molecular flexibility index (Phi) is 6.12. The summed E-state index contributed by atoms with van der Waals surface area (Å²) in [6.45, 7) is 3.51. The van der Waals surface area contributed by atoms with Crippen molar-refractivity contribution in [1.82, 2.24) is 15.5 Å². The first-order valence-electron chi connectivity index (χ1n) is 9.78. The van der Waals surface area contributed by atoms with Crippen LogP contribution >= 0.6 is 11.8 Å². The van der Waals surface area contributed by atoms with Gasteiger partial charge >= 0.3 is 0 Å². The highest BCUT2D eigenvalue weighted by molar-refractivity contribution is 7.99. The van der Waals surface area contributed by atoms with Crippen LogP contribution in [0.25, 0.3) is 0 Å². The van der Waals surface area contributed by atoms with Crippen molar-refractivity contribution in [2.75, 3.05) is 37.7 Å². The first-order valence-corrected chi connectivity index (χ1v) is 10.9. The molecule has 4 rings (SSSR count). The summed E-state index contributed by atoms with van der Waals surface area (Å²) in [5.74, 6) is 2.29. The van der Waals surface area contributed by atoms with Gasteiger partial charge in [0, 0.05) is 37.2 Å². The summed E-state index contributed by atoms with van der Waals surface area (Å²) < 4.78 is 0. The second-order valence-electron chi connectivity index (χ2n) is 7.16. The van der Waals surface area contributed by atoms with Gasteiger partial charge in [0.2, 0.25) is 5.91 Å². The molecule has 2 aliphatic rings. The van der Waals surface area contributed by atoms with Crippen molar-refractivity contribution in [2.24, 2.45) is 0 Å². The molecule has 0 bridgehead atoms. The number of hydrogen-bond donors (Lipinski definition) is 2. The largest absolute Gasteiger partial charge is 0.353 e. The lowest BCUT2D eigenvalue weighted by Gasteiger charge is -2.34. The van der Waals surface area contributed by atoms with Gasteiger partial charge in [-0.15, -0.1) is 0 Å². The molecule has 0 aromatic heterocycles. The number of carbonyl (C=O) groups excluding carboxylic acids is 1. The van der Waals surface area contributed by atoms with Crippen LogP contribution in [0.4, 0.5) is 0 Å². The maximum Gasteiger partial charge on any atom is 0.242 e. The van der Waals surface area contributed by atoms with E-state index in [1.54, 1.807) is 0 Å². The van der Waals surface area contributed by atoms with Gasteiger partial charge < -0.3 is 10.6 Å². The van der Waals surface area contributed by atoms with Crippen molar-refractivity contribution in [2.45, 2.75) is 18.5 Å². The highest BCUT2D eigenvalue weighted by Crippen LogP contribution is 2.26. The fourth-order valence-corrected chi connectivity index (χ4v) is 5.00. The van der Waals surface area contributed by atoms with Crippen LogP contribution in [-0.2, 0) is 11.2 Å². The summed E-state index contributed by atoms with van der Waals surface area (Å²) in [6.07, 6.45) is 1.05. The van der Waals surface area contributed by atoms with E-state index in [9.17, 15) is 4.79 Å². The maximum absolute atomic E-state index is 13.2. The zero-order valence-corrected chi connectivity index (χ0v) is 16.4. The summed E-state index contributed by atoms with van der Waals surface area (Å²) >= 11 is 1.97. The van der Waals surface area contributed by atoms with E-state index >= 15 is 0 Å². The van der Waals surface area contributed by atoms with Crippen LogP contribution in [0.2, 0.25) is 0 Å². The third kappa shape index (κ3) is 4.37. The Morgan fingerprint density at radius 1 is 1.11 bits per heavy atom. The molecule has 5 heteroatoms. The SMILES string of the molecule is O=C(NCC1NCCc2ccccc21)C(c1ccccc1)N1CCSCC1. The molecule has 142 valence electrons. The normalized spacial score (nSPS) is 21.3. The molecule has 0 aliphatic carbocycles. The summed E-state index contributed by atoms with van der Waals surface area (Å²) in [5.41, 5.74) is 3.79. The lowest BCUT2D eigenvalue weighted by molar-refractivity contribution is -0.126. The van der Waals surface area contributed by atoms with Crippen LogP contribution in [0.15, 0.2) is 54.6 Å². The molecule has 1 amide bonds. The third-order valence-electron chi connectivity index (χ3n) is 5.47. The van der Waals surface area contributed by atoms with E-state index in [2.05, 4.69) is 51.9 Å². The van der Waals surface area contributed by atoms with E-state index in [4.69, 9.17) is 0 Å². The van der Waals surface area contributed by atoms with E-state index in [1.807, 2.05) is 30.0 Å². The van der Waals surface area contributed by atoms with E-state index in [0.717, 1.165) is 43.1 Å². The second kappa shape index (κ2) is 8.91. The van der Waals surface area contributed by atoms with E-state index in [1.165, 1.54) is 11.1 Å². The Morgan fingerprint density at radius 2 is 1.85 bits per heavy atom. The molecule has 1 fully saturated rings. The molecule has 2 atom stereocenters. The molecule has 1 saturated heterocycles. The molecule has 2 aromatic rings. The van der Waals surface area contributed by atoms with Gasteiger partial charge in [0.15, 0.2) is 0 Å². The van der Waals surface area contributed by atoms with E-state index in [-0.39, 0.29) is 18.0 Å². The standard InChI is InChI=1S/C22H27N3OS/c26-22(24-16-20-19-9-5-4-6-17(19)10-11-23-20)21(18-7-2-1-3-8-18)25-12-14-27-15-13-25/h1-9,20-21,23H,10-16H2,(H,24,26). The van der Waals surface area contributed by atoms with E-state index < -0.39 is 0 Å². The van der Waals surface area contributed by atoms with Crippen molar-refractivity contribution in [3.8, 4) is 0 Å². The molecule has 2 aromatic carbocycles. The Labute approximate surface area is 165 Å². The molecular formula is C22H27N3OS. The van der Waals surface area contributed by atoms with Gasteiger partial charge in [0.25, 0.3) is 0 Å². The fourth-order valence-electron chi connectivity index (χ4n) is 4.07. The minimum atomic E-state index is -0.203. The predicted octanol–water partition coefficient (Wildman–Crippen LogP) is 2.78. The van der Waals surface area contributed by atoms with Crippen LogP contribution in [0, 0.1) is 0 Å². The van der Waals surface area contributed by atoms with Crippen LogP contribution in [-0.4, -0.2) is 48.5 Å². The number of hydrogen-bond acceptors (Lipinski definition) is 4. The first-order chi connectivity index (χ1) is 13.3. The maximum atomic E-state index is 13.2. The second-order valence-corrected chi connectivity index (χ2v) is 8.39. The van der Waals surface area contributed by atoms with Crippen LogP contribution in [0.1, 0.15) is 28.8 Å². The molecular weight excluding hydrogens is 354 g/mol. The number of rotatable bonds is 5. The highest BCUT2D eigenvalue weighted by Gasteiger charge is 2.29. The van der Waals surface area contributed by atoms with Gasteiger partial charge in [-0.25, -0.2) is 0 Å². The van der Waals surface area contributed by atoms with E-state index in [0.29, 0.717) is 6.54 Å². The molecule has 0 radical (unpaired) electrons. The van der Waals surface area contributed by atoms with Gasteiger partial charge in [-0.05, 0) is 29.7 Å². The summed E-state index contributed by atoms with van der Waals surface area (Å²) in [5, 5.41) is 6.80. The van der Waals surface area contributed by atoms with Crippen molar-refractivity contribution < 1.29 is 4.79 Å². The Balaban J connectivity index is 1.48. The number of nitrogens with zero attached hydrogens (tertiary/aromatic N) is 1. The van der Waals surface area contributed by atoms with Gasteiger partial charge in [-0.1, -0.05) is 54.6 Å². The average Bonchev–Trinajstić information content (AvgIpc) is 2.74. The Hall–Kier alpha value is -1.82. The topological polar surface area (TPSA) is 44.4 Å². The van der Waals surface area contributed by atoms with Gasteiger partial charge in [-0.3, -0.25) is 9.69 Å². The summed E-state index contributed by atoms with van der Waals surface area (Å²) in [7, 11) is 0. The molecule has 0 saturated carbocycles. The third-order valence-corrected chi connectivity index (χ3v) is 6.41. The van der Waals surface area contributed by atoms with Crippen molar-refractivity contribution >= 4 is 17.7 Å². The van der Waals surface area contributed by atoms with Crippen LogP contribution < -0.4 is 10.6 Å². The first kappa shape index (κ1) is 18.5. The van der Waals surface area contributed by atoms with Gasteiger partial charge in [-0.2, -0.15) is 11.8 Å². The van der Waals surface area contributed by atoms with Crippen LogP contribution in [0.3, 0.4) is 0 Å². The number of fused-ring (bicyclic) bond motifs is 1. The van der Waals surface area contributed by atoms with Crippen molar-refractivity contribution in [3.63, 3.8) is 0 Å². The smallest absolute Gasteiger partial charge is 0.242 e. The van der Waals surface area contributed by atoms with Crippen molar-refractivity contribution in [3.05, 3.63) is 71.3 Å². The molecule has 4 nitrogen and oxygen atoms in total. The van der Waals surface area contributed by atoms with Gasteiger partial charge in [0.05, 0.1) is 0 Å². The predicted molar refractivity (Wildman–Crippen MR) is 112 cm³/mol. The lowest BCUT2D eigenvalue weighted by atomic mass is 9.94. The number of nitrogens with one attached hydrogen (secondary N) is 2. The number of benzene rings is 2. The van der Waals surface area contributed by atoms with Crippen molar-refractivity contribution in [1.29, 1.82) is 0 Å². The van der Waals surface area contributed by atoms with Crippen LogP contribution in [0.5, 0.6) is 0 Å². The lowest BCUT2D eigenvalue weighted by Crippen LogP contribution is -2.46. The molecule has 2 aliphatic heterocycles. The zero-order valence-electron chi connectivity index (χ0n) is 15.6. The van der Waals surface area contributed by atoms with Gasteiger partial charge in [0.1, 0.15) is 6.04 Å². The Bertz CT molecular complexity index is 761. The quantitative estimate of drug-likeness (QED) is 0.836. The summed E-state index contributed by atoms with van der Waals surface area (Å²) in [4.78, 5) is 15.5. The fraction of sp³-hybridized carbons (Fsp3) is 0.409. The zero-order chi connectivity index (χ0) is 18.5.